The topological polar surface area (TPSA) is 149 Å². The molecule has 3 aromatic carbocycles. The van der Waals surface area contributed by atoms with Gasteiger partial charge in [0.05, 0.1) is 29.9 Å². The molecule has 4 rings (SSSR count). The van der Waals surface area contributed by atoms with E-state index in [1.165, 1.54) is 49.7 Å². The maximum atomic E-state index is 15.1. The zero-order chi connectivity index (χ0) is 30.4. The summed E-state index contributed by atoms with van der Waals surface area (Å²) < 4.78 is 69.0. The zero-order valence-corrected chi connectivity index (χ0v) is 24.8. The van der Waals surface area contributed by atoms with Crippen LogP contribution in [0.1, 0.15) is 12.5 Å². The summed E-state index contributed by atoms with van der Waals surface area (Å²) >= 11 is 6.05. The van der Waals surface area contributed by atoms with Gasteiger partial charge < -0.3 is 19.0 Å². The Labute approximate surface area is 248 Å². The molecule has 0 aliphatic rings. The van der Waals surface area contributed by atoms with Crippen LogP contribution in [-0.2, 0) is 29.6 Å². The summed E-state index contributed by atoms with van der Waals surface area (Å²) in [5.41, 5.74) is 1.20. The summed E-state index contributed by atoms with van der Waals surface area (Å²) in [4.78, 5) is 20.3. The van der Waals surface area contributed by atoms with Crippen molar-refractivity contribution in [2.75, 3.05) is 23.8 Å². The van der Waals surface area contributed by atoms with Crippen molar-refractivity contribution in [3.8, 4) is 17.0 Å². The molecule has 1 heterocycles. The second-order valence-electron chi connectivity index (χ2n) is 8.47. The summed E-state index contributed by atoms with van der Waals surface area (Å²) in [5, 5.41) is 3.22. The first-order valence-electron chi connectivity index (χ1n) is 12.2. The number of ether oxygens (including phenoxy) is 2. The van der Waals surface area contributed by atoms with Crippen LogP contribution in [0.3, 0.4) is 0 Å². The molecule has 0 bridgehead atoms. The van der Waals surface area contributed by atoms with Gasteiger partial charge in [-0.05, 0) is 55.3 Å². The van der Waals surface area contributed by atoms with Gasteiger partial charge in [0.15, 0.2) is 0 Å². The number of hydrogen-bond acceptors (Lipinski definition) is 10. The number of sulfonamides is 1. The van der Waals surface area contributed by atoms with E-state index >= 15 is 4.39 Å². The third-order valence-corrected chi connectivity index (χ3v) is 8.59. The lowest BCUT2D eigenvalue weighted by molar-refractivity contribution is 0.164. The van der Waals surface area contributed by atoms with Crippen LogP contribution in [0.25, 0.3) is 11.1 Å². The predicted octanol–water partition coefficient (Wildman–Crippen LogP) is 6.46. The molecule has 0 aliphatic heterocycles. The number of hydrogen-bond donors (Lipinski definition) is 2. The summed E-state index contributed by atoms with van der Waals surface area (Å²) in [7, 11) is -4.72. The highest BCUT2D eigenvalue weighted by Gasteiger charge is 2.21. The van der Waals surface area contributed by atoms with Crippen molar-refractivity contribution in [3.05, 3.63) is 83.3 Å². The van der Waals surface area contributed by atoms with Crippen LogP contribution in [0.4, 0.5) is 26.5 Å². The maximum absolute atomic E-state index is 15.1. The van der Waals surface area contributed by atoms with Gasteiger partial charge in [0.1, 0.15) is 5.82 Å². The van der Waals surface area contributed by atoms with Crippen LogP contribution in [-0.4, -0.2) is 38.2 Å². The highest BCUT2D eigenvalue weighted by molar-refractivity contribution is 7.92. The summed E-state index contributed by atoms with van der Waals surface area (Å²) in [6.45, 7) is 3.27. The smallest absolute Gasteiger partial charge is 0.410 e. The minimum atomic E-state index is -4.11. The first-order chi connectivity index (χ1) is 20.0. The molecule has 15 heteroatoms. The number of benzene rings is 3. The normalized spacial score (nSPS) is 12.0. The molecule has 1 aromatic heterocycles. The summed E-state index contributed by atoms with van der Waals surface area (Å²) in [5.74, 6) is -0.618. The standard InChI is InChI=1S/C27H24ClFN5O6S2/c1-4-40-27(35)33-41(36)19-8-5-7-18(14-19)31-26-30-15-20(25(32-26)39-3)17-11-12-23(22(29)13-17)34-42(37,38)24-10-6-9-21(28)16(24)2/h5-15,34H,4H2,1-3H3,(H,30,31,32)/q-1. The third kappa shape index (κ3) is 7.13. The fourth-order valence-corrected chi connectivity index (χ4v) is 5.99. The average molecular weight is 633 g/mol. The van der Waals surface area contributed by atoms with E-state index in [1.807, 2.05) is 0 Å². The molecule has 0 saturated carbocycles. The van der Waals surface area contributed by atoms with E-state index in [9.17, 15) is 17.4 Å². The largest absolute Gasteiger partial charge is 0.480 e. The molecular formula is C27H24ClFN5O6S2-. The van der Waals surface area contributed by atoms with Crippen LogP contribution >= 0.6 is 11.6 Å². The number of nitrogens with one attached hydrogen (secondary N) is 2. The van der Waals surface area contributed by atoms with Gasteiger partial charge in [0, 0.05) is 16.9 Å². The van der Waals surface area contributed by atoms with Gasteiger partial charge in [-0.1, -0.05) is 46.8 Å². The van der Waals surface area contributed by atoms with Crippen LogP contribution in [0.15, 0.2) is 81.0 Å². The van der Waals surface area contributed by atoms with Crippen molar-refractivity contribution in [1.29, 1.82) is 0 Å². The minimum absolute atomic E-state index is 0.0678. The molecule has 0 spiro atoms. The SMILES string of the molecule is CCOC(=O)N=[S-](=O)c1cccc(Nc2ncc(-c3ccc(NS(=O)(=O)c4cccc(Cl)c4C)c(F)c3)c(OC)n2)c1. The lowest BCUT2D eigenvalue weighted by Gasteiger charge is -2.14. The fourth-order valence-electron chi connectivity index (χ4n) is 3.71. The molecular weight excluding hydrogens is 609 g/mol. The number of methoxy groups -OCH3 is 1. The van der Waals surface area contributed by atoms with E-state index < -0.39 is 32.5 Å². The molecule has 4 aromatic rings. The molecule has 42 heavy (non-hydrogen) atoms. The van der Waals surface area contributed by atoms with Gasteiger partial charge in [0.2, 0.25) is 11.8 Å². The molecule has 0 aliphatic carbocycles. The second-order valence-corrected chi connectivity index (χ2v) is 11.7. The summed E-state index contributed by atoms with van der Waals surface area (Å²) in [6.07, 6.45) is 0.469. The van der Waals surface area contributed by atoms with Gasteiger partial charge >= 0.3 is 6.09 Å². The molecule has 11 nitrogen and oxygen atoms in total. The molecule has 0 fully saturated rings. The van der Waals surface area contributed by atoms with Gasteiger partial charge in [-0.15, -0.1) is 10.6 Å². The first kappa shape index (κ1) is 30.7. The Morgan fingerprint density at radius 3 is 2.62 bits per heavy atom. The molecule has 0 saturated heterocycles. The number of halogens is 2. The number of carbonyl (C=O) groups excluding carboxylic acids is 1. The van der Waals surface area contributed by atoms with E-state index in [0.717, 1.165) is 6.07 Å². The van der Waals surface area contributed by atoms with Gasteiger partial charge in [0.25, 0.3) is 10.0 Å². The average Bonchev–Trinajstić information content (AvgIpc) is 2.95. The first-order valence-corrected chi connectivity index (χ1v) is 15.2. The van der Waals surface area contributed by atoms with E-state index in [-0.39, 0.29) is 38.9 Å². The minimum Gasteiger partial charge on any atom is -0.480 e. The highest BCUT2D eigenvalue weighted by atomic mass is 35.5. The van der Waals surface area contributed by atoms with Gasteiger partial charge in [-0.25, -0.2) is 22.6 Å². The third-order valence-electron chi connectivity index (χ3n) is 5.70. The van der Waals surface area contributed by atoms with Crippen molar-refractivity contribution in [1.82, 2.24) is 9.97 Å². The number of amides is 1. The Morgan fingerprint density at radius 2 is 1.90 bits per heavy atom. The van der Waals surface area contributed by atoms with Crippen molar-refractivity contribution in [2.45, 2.75) is 23.6 Å². The second kappa shape index (κ2) is 13.1. The number of anilines is 3. The Morgan fingerprint density at radius 1 is 1.14 bits per heavy atom. The van der Waals surface area contributed by atoms with Crippen LogP contribution < -0.4 is 14.8 Å². The number of carbonyl (C=O) groups is 1. The molecule has 0 atom stereocenters. The Balaban J connectivity index is 1.56. The van der Waals surface area contributed by atoms with Crippen molar-refractivity contribution < 1.29 is 31.3 Å². The van der Waals surface area contributed by atoms with E-state index in [1.54, 1.807) is 32.0 Å². The van der Waals surface area contributed by atoms with E-state index in [2.05, 4.69) is 29.1 Å². The van der Waals surface area contributed by atoms with Crippen molar-refractivity contribution in [2.24, 2.45) is 4.36 Å². The van der Waals surface area contributed by atoms with Crippen LogP contribution in [0.5, 0.6) is 5.88 Å². The summed E-state index contributed by atoms with van der Waals surface area (Å²) in [6, 6.07) is 14.6. The quantitative estimate of drug-likeness (QED) is 0.198. The lowest BCUT2D eigenvalue weighted by Crippen LogP contribution is -2.15. The highest BCUT2D eigenvalue weighted by Crippen LogP contribution is 2.32. The maximum Gasteiger partial charge on any atom is 0.410 e. The van der Waals surface area contributed by atoms with E-state index in [4.69, 9.17) is 16.3 Å². The lowest BCUT2D eigenvalue weighted by atomic mass is 10.1. The van der Waals surface area contributed by atoms with Crippen molar-refractivity contribution >= 4 is 55.6 Å². The van der Waals surface area contributed by atoms with Crippen LogP contribution in [0.2, 0.25) is 5.02 Å². The Hall–Kier alpha value is -4.27. The number of aromatic nitrogens is 2. The number of rotatable bonds is 9. The number of nitrogens with zero attached hydrogens (tertiary/aromatic N) is 3. The molecule has 1 amide bonds. The Kier molecular flexibility index (Phi) is 9.60. The van der Waals surface area contributed by atoms with E-state index in [0.29, 0.717) is 22.4 Å². The molecule has 0 radical (unpaired) electrons. The predicted molar refractivity (Wildman–Crippen MR) is 156 cm³/mol. The molecule has 220 valence electrons. The van der Waals surface area contributed by atoms with Crippen LogP contribution in [0, 0.1) is 12.7 Å². The Bertz CT molecular complexity index is 1850. The zero-order valence-electron chi connectivity index (χ0n) is 22.4. The molecule has 2 N–H and O–H groups in total. The molecule has 0 unspecified atom stereocenters. The fraction of sp³-hybridized carbons (Fsp3) is 0.148. The van der Waals surface area contributed by atoms with Crippen molar-refractivity contribution in [3.63, 3.8) is 0 Å². The monoisotopic (exact) mass is 632 g/mol. The van der Waals surface area contributed by atoms with Gasteiger partial charge in [-0.3, -0.25) is 9.08 Å². The van der Waals surface area contributed by atoms with Gasteiger partial charge in [-0.2, -0.15) is 4.98 Å².